The highest BCUT2D eigenvalue weighted by Gasteiger charge is 2.33. The second-order valence-electron chi connectivity index (χ2n) is 7.71. The summed E-state index contributed by atoms with van der Waals surface area (Å²) in [4.78, 5) is 23.3. The predicted molar refractivity (Wildman–Crippen MR) is 99.0 cm³/mol. The molecular weight excluding hydrogens is 366 g/mol. The van der Waals surface area contributed by atoms with E-state index in [4.69, 9.17) is 0 Å². The maximum Gasteiger partial charge on any atom is 0.252 e. The van der Waals surface area contributed by atoms with Gasteiger partial charge in [-0.2, -0.15) is 14.6 Å². The van der Waals surface area contributed by atoms with Gasteiger partial charge in [0.15, 0.2) is 9.84 Å². The first kappa shape index (κ1) is 18.3. The Kier molecular flexibility index (Phi) is 4.88. The fourth-order valence-electron chi connectivity index (χ4n) is 4.45. The minimum absolute atomic E-state index is 0.0942. The van der Waals surface area contributed by atoms with Crippen LogP contribution in [0, 0.1) is 5.92 Å². The normalized spacial score (nSPS) is 22.3. The Bertz CT molecular complexity index is 949. The number of nitrogens with zero attached hydrogens (tertiary/aromatic N) is 5. The Morgan fingerprint density at radius 1 is 1.11 bits per heavy atom. The highest BCUT2D eigenvalue weighted by atomic mass is 32.2. The van der Waals surface area contributed by atoms with Crippen molar-refractivity contribution in [1.82, 2.24) is 24.5 Å². The number of rotatable bonds is 3. The van der Waals surface area contributed by atoms with E-state index >= 15 is 0 Å². The third kappa shape index (κ3) is 3.56. The Morgan fingerprint density at radius 2 is 1.89 bits per heavy atom. The third-order valence-corrected chi connectivity index (χ3v) is 6.89. The summed E-state index contributed by atoms with van der Waals surface area (Å²) in [5, 5.41) is 4.20. The number of carbonyl (C=O) groups excluding carboxylic acids is 1. The van der Waals surface area contributed by atoms with Crippen molar-refractivity contribution in [2.45, 2.75) is 55.8 Å². The molecule has 0 aromatic carbocycles. The van der Waals surface area contributed by atoms with Crippen LogP contribution in [0.3, 0.4) is 0 Å². The van der Waals surface area contributed by atoms with Gasteiger partial charge in [-0.1, -0.05) is 19.3 Å². The lowest BCUT2D eigenvalue weighted by atomic mass is 9.86. The van der Waals surface area contributed by atoms with Crippen molar-refractivity contribution in [3.05, 3.63) is 18.2 Å². The second-order valence-corrected chi connectivity index (χ2v) is 9.69. The molecule has 2 aliphatic rings. The van der Waals surface area contributed by atoms with E-state index < -0.39 is 9.84 Å². The molecule has 146 valence electrons. The van der Waals surface area contributed by atoms with Crippen LogP contribution < -0.4 is 0 Å². The van der Waals surface area contributed by atoms with E-state index in [2.05, 4.69) is 15.1 Å². The zero-order chi connectivity index (χ0) is 19.0. The topological polar surface area (TPSA) is 97.5 Å². The van der Waals surface area contributed by atoms with Crippen LogP contribution >= 0.6 is 0 Å². The van der Waals surface area contributed by atoms with E-state index in [1.165, 1.54) is 29.7 Å². The number of piperidine rings is 1. The second kappa shape index (κ2) is 7.18. The van der Waals surface area contributed by atoms with Gasteiger partial charge in [-0.05, 0) is 25.7 Å². The molecule has 4 rings (SSSR count). The van der Waals surface area contributed by atoms with Gasteiger partial charge in [-0.15, -0.1) is 0 Å². The molecule has 2 aromatic heterocycles. The predicted octanol–water partition coefficient (Wildman–Crippen LogP) is 1.81. The summed E-state index contributed by atoms with van der Waals surface area (Å²) in [5.41, 5.74) is 0.598. The summed E-state index contributed by atoms with van der Waals surface area (Å²) in [6.45, 7) is 1.27. The molecule has 9 heteroatoms. The van der Waals surface area contributed by atoms with E-state index in [-0.39, 0.29) is 22.6 Å². The van der Waals surface area contributed by atoms with Crippen molar-refractivity contribution in [1.29, 1.82) is 0 Å². The largest absolute Gasteiger partial charge is 0.342 e. The van der Waals surface area contributed by atoms with Crippen LogP contribution in [0.5, 0.6) is 0 Å². The first-order valence-corrected chi connectivity index (χ1v) is 11.5. The SMILES string of the molecule is CS(=O)(=O)c1cnc2ncnn2c1C1CCCN(C(=O)C2CCCCC2)C1. The highest BCUT2D eigenvalue weighted by molar-refractivity contribution is 7.90. The van der Waals surface area contributed by atoms with Crippen LogP contribution in [0.4, 0.5) is 0 Å². The van der Waals surface area contributed by atoms with Crippen LogP contribution in [0.1, 0.15) is 56.6 Å². The number of amides is 1. The first-order chi connectivity index (χ1) is 12.9. The van der Waals surface area contributed by atoms with E-state index in [0.29, 0.717) is 18.0 Å². The Morgan fingerprint density at radius 3 is 2.63 bits per heavy atom. The van der Waals surface area contributed by atoms with Gasteiger partial charge in [0.25, 0.3) is 5.78 Å². The molecular formula is C18H25N5O3S. The van der Waals surface area contributed by atoms with Crippen LogP contribution in [0.25, 0.3) is 5.78 Å². The molecule has 1 saturated heterocycles. The quantitative estimate of drug-likeness (QED) is 0.791. The van der Waals surface area contributed by atoms with Gasteiger partial charge in [0.05, 0.1) is 11.9 Å². The molecule has 2 fully saturated rings. The van der Waals surface area contributed by atoms with Crippen molar-refractivity contribution in [3.8, 4) is 0 Å². The van der Waals surface area contributed by atoms with Crippen molar-refractivity contribution < 1.29 is 13.2 Å². The van der Waals surface area contributed by atoms with Gasteiger partial charge in [-0.3, -0.25) is 4.79 Å². The number of sulfone groups is 1. The first-order valence-electron chi connectivity index (χ1n) is 9.62. The molecule has 2 aromatic rings. The maximum absolute atomic E-state index is 13.0. The number of hydrogen-bond acceptors (Lipinski definition) is 6. The molecule has 1 atom stereocenters. The summed E-state index contributed by atoms with van der Waals surface area (Å²) >= 11 is 0. The van der Waals surface area contributed by atoms with E-state index in [0.717, 1.165) is 45.1 Å². The number of fused-ring (bicyclic) bond motifs is 1. The molecule has 0 N–H and O–H groups in total. The molecule has 1 amide bonds. The average Bonchev–Trinajstić information content (AvgIpc) is 3.15. The van der Waals surface area contributed by atoms with Crippen molar-refractivity contribution in [2.24, 2.45) is 5.92 Å². The molecule has 27 heavy (non-hydrogen) atoms. The van der Waals surface area contributed by atoms with Crippen LogP contribution in [0.2, 0.25) is 0 Å². The standard InChI is InChI=1S/C18H25N5O3S/c1-27(25,26)15-10-19-18-20-12-21-23(18)16(15)14-8-5-9-22(11-14)17(24)13-6-3-2-4-7-13/h10,12-14H,2-9,11H2,1H3. The number of carbonyl (C=O) groups is 1. The van der Waals surface area contributed by atoms with Crippen LogP contribution in [-0.2, 0) is 14.6 Å². The summed E-state index contributed by atoms with van der Waals surface area (Å²) in [6.07, 6.45) is 11.0. The van der Waals surface area contributed by atoms with Gasteiger partial charge in [0.2, 0.25) is 5.91 Å². The summed E-state index contributed by atoms with van der Waals surface area (Å²) < 4.78 is 26.2. The third-order valence-electron chi connectivity index (χ3n) is 5.78. The molecule has 1 saturated carbocycles. The Balaban J connectivity index is 1.67. The fraction of sp³-hybridized carbons (Fsp3) is 0.667. The van der Waals surface area contributed by atoms with E-state index in [9.17, 15) is 13.2 Å². The summed E-state index contributed by atoms with van der Waals surface area (Å²) in [6, 6.07) is 0. The van der Waals surface area contributed by atoms with Gasteiger partial charge in [0.1, 0.15) is 11.2 Å². The molecule has 1 aliphatic heterocycles. The van der Waals surface area contributed by atoms with Gasteiger partial charge >= 0.3 is 0 Å². The summed E-state index contributed by atoms with van der Waals surface area (Å²) in [7, 11) is -3.46. The molecule has 0 bridgehead atoms. The van der Waals surface area contributed by atoms with E-state index in [1.54, 1.807) is 0 Å². The molecule has 0 spiro atoms. The lowest BCUT2D eigenvalue weighted by Crippen LogP contribution is -2.43. The summed E-state index contributed by atoms with van der Waals surface area (Å²) in [5.74, 6) is 0.635. The van der Waals surface area contributed by atoms with Crippen molar-refractivity contribution >= 4 is 21.5 Å². The van der Waals surface area contributed by atoms with E-state index in [1.807, 2.05) is 4.90 Å². The average molecular weight is 391 g/mol. The van der Waals surface area contributed by atoms with Gasteiger partial charge in [0, 0.05) is 31.2 Å². The number of likely N-dealkylation sites (tertiary alicyclic amines) is 1. The molecule has 0 radical (unpaired) electrons. The number of aromatic nitrogens is 4. The lowest BCUT2D eigenvalue weighted by molar-refractivity contribution is -0.137. The minimum Gasteiger partial charge on any atom is -0.342 e. The maximum atomic E-state index is 13.0. The van der Waals surface area contributed by atoms with Crippen LogP contribution in [-0.4, -0.2) is 58.2 Å². The lowest BCUT2D eigenvalue weighted by Gasteiger charge is -2.36. The molecule has 1 unspecified atom stereocenters. The molecule has 1 aliphatic carbocycles. The smallest absolute Gasteiger partial charge is 0.252 e. The monoisotopic (exact) mass is 391 g/mol. The zero-order valence-corrected chi connectivity index (χ0v) is 16.4. The van der Waals surface area contributed by atoms with Crippen molar-refractivity contribution in [3.63, 3.8) is 0 Å². The zero-order valence-electron chi connectivity index (χ0n) is 15.5. The van der Waals surface area contributed by atoms with Crippen molar-refractivity contribution in [2.75, 3.05) is 19.3 Å². The Labute approximate surface area is 158 Å². The highest BCUT2D eigenvalue weighted by Crippen LogP contribution is 2.33. The molecule has 3 heterocycles. The Hall–Kier alpha value is -2.03. The fourth-order valence-corrected chi connectivity index (χ4v) is 5.33. The molecule has 8 nitrogen and oxygen atoms in total. The van der Waals surface area contributed by atoms with Gasteiger partial charge in [-0.25, -0.2) is 13.4 Å². The minimum atomic E-state index is -3.46. The van der Waals surface area contributed by atoms with Crippen LogP contribution in [0.15, 0.2) is 17.4 Å². The number of hydrogen-bond donors (Lipinski definition) is 0. The van der Waals surface area contributed by atoms with Gasteiger partial charge < -0.3 is 4.90 Å².